The number of carbonyl (C=O) groups excluding carboxylic acids is 1. The van der Waals surface area contributed by atoms with Gasteiger partial charge in [-0.25, -0.2) is 0 Å². The standard InChI is InChI=1S/C16H14BrClN2OS2/c1-9-3-6-14(12(17)7-9)19-16(22)20-15(21)11-8-10(23-2)4-5-13(11)18/h3-8H,1-2H3,(H2,19,20,21,22). The predicted molar refractivity (Wildman–Crippen MR) is 106 cm³/mol. The molecule has 2 aromatic carbocycles. The van der Waals surface area contributed by atoms with E-state index in [9.17, 15) is 4.79 Å². The highest BCUT2D eigenvalue weighted by Gasteiger charge is 2.13. The molecule has 0 unspecified atom stereocenters. The molecule has 2 rings (SSSR count). The average Bonchev–Trinajstić information content (AvgIpc) is 2.50. The lowest BCUT2D eigenvalue weighted by atomic mass is 10.2. The zero-order valence-electron chi connectivity index (χ0n) is 12.4. The van der Waals surface area contributed by atoms with E-state index in [4.69, 9.17) is 23.8 Å². The third-order valence-electron chi connectivity index (χ3n) is 3.02. The van der Waals surface area contributed by atoms with E-state index in [1.807, 2.05) is 37.4 Å². The molecule has 0 atom stereocenters. The molecule has 3 nitrogen and oxygen atoms in total. The Balaban J connectivity index is 2.09. The summed E-state index contributed by atoms with van der Waals surface area (Å²) < 4.78 is 0.872. The molecule has 0 aliphatic heterocycles. The Morgan fingerprint density at radius 3 is 2.65 bits per heavy atom. The first-order valence-corrected chi connectivity index (χ1v) is 9.43. The number of aryl methyl sites for hydroxylation is 1. The topological polar surface area (TPSA) is 41.1 Å². The minimum absolute atomic E-state index is 0.213. The smallest absolute Gasteiger partial charge is 0.258 e. The number of amides is 1. The van der Waals surface area contributed by atoms with E-state index in [2.05, 4.69) is 26.6 Å². The van der Waals surface area contributed by atoms with Gasteiger partial charge in [0.05, 0.1) is 16.3 Å². The first kappa shape index (κ1) is 18.3. The molecule has 2 aromatic rings. The van der Waals surface area contributed by atoms with Crippen LogP contribution in [0, 0.1) is 6.92 Å². The Labute approximate surface area is 158 Å². The molecule has 0 heterocycles. The molecular formula is C16H14BrClN2OS2. The number of benzene rings is 2. The summed E-state index contributed by atoms with van der Waals surface area (Å²) >= 11 is 16.3. The molecule has 1 amide bonds. The van der Waals surface area contributed by atoms with Crippen LogP contribution >= 0.6 is 51.5 Å². The van der Waals surface area contributed by atoms with Crippen LogP contribution in [0.25, 0.3) is 0 Å². The second kappa shape index (κ2) is 8.15. The van der Waals surface area contributed by atoms with Gasteiger partial charge < -0.3 is 5.32 Å². The molecule has 0 bridgehead atoms. The fourth-order valence-electron chi connectivity index (χ4n) is 1.85. The Morgan fingerprint density at radius 2 is 2.00 bits per heavy atom. The van der Waals surface area contributed by atoms with Gasteiger partial charge in [-0.3, -0.25) is 10.1 Å². The predicted octanol–water partition coefficient (Wildman–Crippen LogP) is 5.26. The van der Waals surface area contributed by atoms with Crippen molar-refractivity contribution < 1.29 is 4.79 Å². The van der Waals surface area contributed by atoms with Crippen molar-refractivity contribution in [2.45, 2.75) is 11.8 Å². The molecule has 0 aliphatic carbocycles. The molecule has 0 radical (unpaired) electrons. The van der Waals surface area contributed by atoms with E-state index < -0.39 is 0 Å². The SMILES string of the molecule is CSc1ccc(Cl)c(C(=O)NC(=S)Nc2ccc(C)cc2Br)c1. The van der Waals surface area contributed by atoms with Crippen LogP contribution in [0.15, 0.2) is 45.8 Å². The van der Waals surface area contributed by atoms with Crippen molar-refractivity contribution in [1.82, 2.24) is 5.32 Å². The van der Waals surface area contributed by atoms with Gasteiger partial charge in [0.1, 0.15) is 0 Å². The summed E-state index contributed by atoms with van der Waals surface area (Å²) in [6.07, 6.45) is 1.94. The third kappa shape index (κ3) is 4.94. The van der Waals surface area contributed by atoms with Crippen LogP contribution in [0.5, 0.6) is 0 Å². The normalized spacial score (nSPS) is 10.3. The van der Waals surface area contributed by atoms with Crippen molar-refractivity contribution >= 4 is 68.2 Å². The number of anilines is 1. The van der Waals surface area contributed by atoms with Crippen molar-refractivity contribution in [2.75, 3.05) is 11.6 Å². The number of nitrogens with one attached hydrogen (secondary N) is 2. The molecule has 0 saturated heterocycles. The van der Waals surface area contributed by atoms with Crippen molar-refractivity contribution in [3.63, 3.8) is 0 Å². The van der Waals surface area contributed by atoms with E-state index in [0.717, 1.165) is 20.6 Å². The van der Waals surface area contributed by atoms with E-state index in [0.29, 0.717) is 10.6 Å². The molecule has 0 aromatic heterocycles. The van der Waals surface area contributed by atoms with Gasteiger partial charge in [-0.05, 0) is 77.2 Å². The summed E-state index contributed by atoms with van der Waals surface area (Å²) in [5, 5.41) is 6.24. The highest BCUT2D eigenvalue weighted by atomic mass is 79.9. The van der Waals surface area contributed by atoms with Crippen molar-refractivity contribution in [2.24, 2.45) is 0 Å². The quantitative estimate of drug-likeness (QED) is 0.516. The van der Waals surface area contributed by atoms with Crippen LogP contribution in [0.4, 0.5) is 5.69 Å². The molecule has 120 valence electrons. The Hall–Kier alpha value is -1.08. The number of thiocarbonyl (C=S) groups is 1. The van der Waals surface area contributed by atoms with Crippen LogP contribution in [0.1, 0.15) is 15.9 Å². The summed E-state index contributed by atoms with van der Waals surface area (Å²) in [5.74, 6) is -0.341. The molecule has 23 heavy (non-hydrogen) atoms. The highest BCUT2D eigenvalue weighted by molar-refractivity contribution is 9.10. The van der Waals surface area contributed by atoms with Crippen LogP contribution < -0.4 is 10.6 Å². The highest BCUT2D eigenvalue weighted by Crippen LogP contribution is 2.24. The average molecular weight is 430 g/mol. The minimum Gasteiger partial charge on any atom is -0.331 e. The summed E-state index contributed by atoms with van der Waals surface area (Å²) in [5.41, 5.74) is 2.30. The molecular weight excluding hydrogens is 416 g/mol. The number of rotatable bonds is 3. The first-order chi connectivity index (χ1) is 10.9. The first-order valence-electron chi connectivity index (χ1n) is 6.62. The number of thioether (sulfide) groups is 1. The van der Waals surface area contributed by atoms with Gasteiger partial charge in [0.2, 0.25) is 0 Å². The van der Waals surface area contributed by atoms with Gasteiger partial charge in [-0.2, -0.15) is 0 Å². The van der Waals surface area contributed by atoms with E-state index in [-0.39, 0.29) is 11.0 Å². The van der Waals surface area contributed by atoms with Crippen LogP contribution in [0.2, 0.25) is 5.02 Å². The number of carbonyl (C=O) groups is 1. The molecule has 7 heteroatoms. The van der Waals surface area contributed by atoms with Crippen molar-refractivity contribution in [1.29, 1.82) is 0 Å². The van der Waals surface area contributed by atoms with Gasteiger partial charge >= 0.3 is 0 Å². The number of hydrogen-bond donors (Lipinski definition) is 2. The molecule has 0 fully saturated rings. The monoisotopic (exact) mass is 428 g/mol. The Bertz CT molecular complexity index is 768. The third-order valence-corrected chi connectivity index (χ3v) is 4.93. The summed E-state index contributed by atoms with van der Waals surface area (Å²) in [6, 6.07) is 11.1. The largest absolute Gasteiger partial charge is 0.331 e. The summed E-state index contributed by atoms with van der Waals surface area (Å²) in [6.45, 7) is 2.00. The summed E-state index contributed by atoms with van der Waals surface area (Å²) in [7, 11) is 0. The fourth-order valence-corrected chi connectivity index (χ4v) is 3.29. The van der Waals surface area contributed by atoms with E-state index >= 15 is 0 Å². The van der Waals surface area contributed by atoms with Crippen molar-refractivity contribution in [3.05, 3.63) is 57.0 Å². The van der Waals surface area contributed by atoms with Gasteiger partial charge in [0.15, 0.2) is 5.11 Å². The van der Waals surface area contributed by atoms with Crippen LogP contribution in [0.3, 0.4) is 0 Å². The van der Waals surface area contributed by atoms with E-state index in [1.165, 1.54) is 0 Å². The molecule has 0 spiro atoms. The molecule has 0 aliphatic rings. The minimum atomic E-state index is -0.341. The lowest BCUT2D eigenvalue weighted by Gasteiger charge is -2.12. The van der Waals surface area contributed by atoms with Gasteiger partial charge in [0.25, 0.3) is 5.91 Å². The number of halogens is 2. The Morgan fingerprint density at radius 1 is 1.26 bits per heavy atom. The van der Waals surface area contributed by atoms with Gasteiger partial charge in [-0.1, -0.05) is 17.7 Å². The van der Waals surface area contributed by atoms with Crippen LogP contribution in [-0.2, 0) is 0 Å². The zero-order chi connectivity index (χ0) is 17.0. The lowest BCUT2D eigenvalue weighted by molar-refractivity contribution is 0.0977. The lowest BCUT2D eigenvalue weighted by Crippen LogP contribution is -2.34. The van der Waals surface area contributed by atoms with Gasteiger partial charge in [0, 0.05) is 9.37 Å². The summed E-state index contributed by atoms with van der Waals surface area (Å²) in [4.78, 5) is 13.3. The fraction of sp³-hybridized carbons (Fsp3) is 0.125. The second-order valence-electron chi connectivity index (χ2n) is 4.74. The van der Waals surface area contributed by atoms with Gasteiger partial charge in [-0.15, -0.1) is 11.8 Å². The molecule has 2 N–H and O–H groups in total. The maximum absolute atomic E-state index is 12.3. The maximum Gasteiger partial charge on any atom is 0.258 e. The number of hydrogen-bond acceptors (Lipinski definition) is 3. The van der Waals surface area contributed by atoms with Crippen LogP contribution in [-0.4, -0.2) is 17.3 Å². The van der Waals surface area contributed by atoms with Crippen molar-refractivity contribution in [3.8, 4) is 0 Å². The second-order valence-corrected chi connectivity index (χ2v) is 7.29. The van der Waals surface area contributed by atoms with E-state index in [1.54, 1.807) is 23.9 Å². The molecule has 0 saturated carbocycles. The zero-order valence-corrected chi connectivity index (χ0v) is 16.4. The Kier molecular flexibility index (Phi) is 6.47. The maximum atomic E-state index is 12.3.